The van der Waals surface area contributed by atoms with E-state index in [1.165, 1.54) is 5.56 Å². The molecule has 0 aliphatic carbocycles. The van der Waals surface area contributed by atoms with Gasteiger partial charge in [0.1, 0.15) is 6.61 Å². The topological polar surface area (TPSA) is 77.2 Å². The van der Waals surface area contributed by atoms with Crippen LogP contribution in [0, 0.1) is 0 Å². The number of fused-ring (bicyclic) bond motifs is 3. The van der Waals surface area contributed by atoms with Crippen molar-refractivity contribution >= 4 is 16.4 Å². The Morgan fingerprint density at radius 1 is 0.703 bits per heavy atom. The van der Waals surface area contributed by atoms with Gasteiger partial charge in [0.25, 0.3) is 0 Å². The maximum Gasteiger partial charge on any atom is 0.240 e. The van der Waals surface area contributed by atoms with Crippen LogP contribution in [0.2, 0.25) is 0 Å². The number of pyridine rings is 1. The number of rotatable bonds is 9. The molecule has 6 rings (SSSR count). The lowest BCUT2D eigenvalue weighted by atomic mass is 10.1. The second-order valence-electron chi connectivity index (χ2n) is 8.80. The van der Waals surface area contributed by atoms with Gasteiger partial charge in [0, 0.05) is 22.9 Å². The molecular formula is C30H26N6O. The average Bonchev–Trinajstić information content (AvgIpc) is 3.40. The summed E-state index contributed by atoms with van der Waals surface area (Å²) in [4.78, 5) is 4.78. The molecule has 7 nitrogen and oxygen atoms in total. The summed E-state index contributed by atoms with van der Waals surface area (Å²) in [5.41, 5.74) is 4.79. The van der Waals surface area contributed by atoms with Crippen LogP contribution in [0.5, 0.6) is 5.88 Å². The van der Waals surface area contributed by atoms with Crippen molar-refractivity contribution in [2.75, 3.05) is 6.54 Å². The van der Waals surface area contributed by atoms with Gasteiger partial charge >= 0.3 is 0 Å². The molecule has 0 amide bonds. The number of hydrogen-bond acceptors (Lipinski definition) is 6. The van der Waals surface area contributed by atoms with E-state index in [2.05, 4.69) is 39.8 Å². The molecular weight excluding hydrogens is 460 g/mol. The lowest BCUT2D eigenvalue weighted by Crippen LogP contribution is -2.18. The Kier molecular flexibility index (Phi) is 6.51. The van der Waals surface area contributed by atoms with Crippen LogP contribution in [0.1, 0.15) is 17.0 Å². The normalized spacial score (nSPS) is 11.2. The molecule has 3 heterocycles. The third-order valence-electron chi connectivity index (χ3n) is 6.22. The van der Waals surface area contributed by atoms with Crippen LogP contribution >= 0.6 is 0 Å². The molecule has 0 saturated carbocycles. The number of aromatic nitrogens is 5. The van der Waals surface area contributed by atoms with Gasteiger partial charge in [-0.2, -0.15) is 4.52 Å². The zero-order valence-corrected chi connectivity index (χ0v) is 20.3. The van der Waals surface area contributed by atoms with Crippen LogP contribution in [-0.2, 0) is 19.6 Å². The van der Waals surface area contributed by atoms with E-state index in [4.69, 9.17) is 14.8 Å². The summed E-state index contributed by atoms with van der Waals surface area (Å²) >= 11 is 0. The number of ether oxygens (including phenoxy) is 1. The standard InChI is InChI=1S/C30H26N6O/c1-3-10-22(11-4-1)18-19-31-20-24-14-9-15-25(32-24)21-37-30-27-17-8-7-16-26(27)29-34-33-28(36(29)35-30)23-12-5-2-6-13-23/h1-17,31H,18-21H2. The van der Waals surface area contributed by atoms with Crippen LogP contribution in [0.25, 0.3) is 27.8 Å². The molecule has 0 bridgehead atoms. The van der Waals surface area contributed by atoms with Gasteiger partial charge in [0.05, 0.1) is 11.4 Å². The fourth-order valence-corrected chi connectivity index (χ4v) is 4.37. The Hall–Kier alpha value is -4.62. The van der Waals surface area contributed by atoms with Crippen LogP contribution in [0.3, 0.4) is 0 Å². The van der Waals surface area contributed by atoms with E-state index < -0.39 is 0 Å². The lowest BCUT2D eigenvalue weighted by Gasteiger charge is -2.11. The lowest BCUT2D eigenvalue weighted by molar-refractivity contribution is 0.288. The van der Waals surface area contributed by atoms with E-state index in [9.17, 15) is 0 Å². The maximum absolute atomic E-state index is 6.24. The molecule has 0 aliphatic heterocycles. The molecule has 0 fully saturated rings. The van der Waals surface area contributed by atoms with Crippen LogP contribution < -0.4 is 10.1 Å². The molecule has 0 radical (unpaired) electrons. The van der Waals surface area contributed by atoms with E-state index in [0.29, 0.717) is 30.5 Å². The number of hydrogen-bond donors (Lipinski definition) is 1. The van der Waals surface area contributed by atoms with E-state index in [1.54, 1.807) is 4.52 Å². The van der Waals surface area contributed by atoms with E-state index in [-0.39, 0.29) is 0 Å². The summed E-state index contributed by atoms with van der Waals surface area (Å²) in [6, 6.07) is 34.4. The Balaban J connectivity index is 1.20. The minimum atomic E-state index is 0.309. The molecule has 0 saturated heterocycles. The van der Waals surface area contributed by atoms with Crippen molar-refractivity contribution in [2.45, 2.75) is 19.6 Å². The van der Waals surface area contributed by atoms with Gasteiger partial charge in [-0.1, -0.05) is 84.9 Å². The Morgan fingerprint density at radius 2 is 1.43 bits per heavy atom. The number of benzene rings is 3. The number of nitrogens with zero attached hydrogens (tertiary/aromatic N) is 5. The van der Waals surface area contributed by atoms with Crippen molar-refractivity contribution in [2.24, 2.45) is 0 Å². The van der Waals surface area contributed by atoms with Crippen molar-refractivity contribution in [3.63, 3.8) is 0 Å². The number of nitrogens with one attached hydrogen (secondary N) is 1. The van der Waals surface area contributed by atoms with Gasteiger partial charge in [-0.25, -0.2) is 0 Å². The SMILES string of the molecule is c1ccc(CCNCc2cccc(COc3nn4c(-c5ccccc5)nnc4c4ccccc34)n2)cc1. The van der Waals surface area contributed by atoms with Gasteiger partial charge in [-0.3, -0.25) is 4.98 Å². The molecule has 0 unspecified atom stereocenters. The van der Waals surface area contributed by atoms with Gasteiger partial charge in [0.2, 0.25) is 5.88 Å². The van der Waals surface area contributed by atoms with Crippen molar-refractivity contribution in [1.29, 1.82) is 0 Å². The first-order valence-corrected chi connectivity index (χ1v) is 12.4. The largest absolute Gasteiger partial charge is 0.470 e. The van der Waals surface area contributed by atoms with Gasteiger partial charge in [0.15, 0.2) is 11.5 Å². The fourth-order valence-electron chi connectivity index (χ4n) is 4.37. The van der Waals surface area contributed by atoms with Gasteiger partial charge < -0.3 is 10.1 Å². The van der Waals surface area contributed by atoms with Gasteiger partial charge in [-0.15, -0.1) is 15.3 Å². The maximum atomic E-state index is 6.24. The molecule has 182 valence electrons. The monoisotopic (exact) mass is 486 g/mol. The Morgan fingerprint density at radius 3 is 2.27 bits per heavy atom. The molecule has 7 heteroatoms. The third kappa shape index (κ3) is 5.03. The fraction of sp³-hybridized carbons (Fsp3) is 0.133. The third-order valence-corrected chi connectivity index (χ3v) is 6.22. The highest BCUT2D eigenvalue weighted by molar-refractivity contribution is 5.97. The smallest absolute Gasteiger partial charge is 0.240 e. The first-order valence-electron chi connectivity index (χ1n) is 12.4. The molecule has 0 spiro atoms. The van der Waals surface area contributed by atoms with Crippen LogP contribution in [0.4, 0.5) is 0 Å². The van der Waals surface area contributed by atoms with E-state index in [0.717, 1.165) is 40.7 Å². The van der Waals surface area contributed by atoms with Crippen molar-refractivity contribution < 1.29 is 4.74 Å². The summed E-state index contributed by atoms with van der Waals surface area (Å²) in [7, 11) is 0. The van der Waals surface area contributed by atoms with E-state index in [1.807, 2.05) is 78.9 Å². The van der Waals surface area contributed by atoms with Crippen molar-refractivity contribution in [1.82, 2.24) is 30.1 Å². The predicted octanol–water partition coefficient (Wildman–Crippen LogP) is 5.25. The predicted molar refractivity (Wildman–Crippen MR) is 144 cm³/mol. The molecule has 0 aliphatic rings. The zero-order chi connectivity index (χ0) is 24.9. The minimum absolute atomic E-state index is 0.309. The van der Waals surface area contributed by atoms with Crippen molar-refractivity contribution in [3.8, 4) is 17.3 Å². The molecule has 1 N–H and O–H groups in total. The molecule has 37 heavy (non-hydrogen) atoms. The quantitative estimate of drug-likeness (QED) is 0.281. The second kappa shape index (κ2) is 10.6. The second-order valence-corrected chi connectivity index (χ2v) is 8.80. The minimum Gasteiger partial charge on any atom is -0.470 e. The first-order chi connectivity index (χ1) is 18.3. The first kappa shape index (κ1) is 22.8. The van der Waals surface area contributed by atoms with Gasteiger partial charge in [-0.05, 0) is 36.7 Å². The summed E-state index contributed by atoms with van der Waals surface area (Å²) in [5, 5.41) is 18.9. The summed E-state index contributed by atoms with van der Waals surface area (Å²) in [5.74, 6) is 1.20. The van der Waals surface area contributed by atoms with Crippen LogP contribution in [0.15, 0.2) is 103 Å². The molecule has 6 aromatic rings. The Bertz CT molecular complexity index is 1630. The zero-order valence-electron chi connectivity index (χ0n) is 20.3. The highest BCUT2D eigenvalue weighted by Crippen LogP contribution is 2.29. The van der Waals surface area contributed by atoms with Crippen LogP contribution in [-0.4, -0.2) is 31.3 Å². The van der Waals surface area contributed by atoms with Crippen molar-refractivity contribution in [3.05, 3.63) is 120 Å². The summed E-state index contributed by atoms with van der Waals surface area (Å²) in [6.07, 6.45) is 0.985. The molecule has 3 aromatic carbocycles. The molecule has 3 aromatic heterocycles. The molecule has 0 atom stereocenters. The Labute approximate surface area is 214 Å². The van der Waals surface area contributed by atoms with E-state index >= 15 is 0 Å². The highest BCUT2D eigenvalue weighted by atomic mass is 16.5. The summed E-state index contributed by atoms with van der Waals surface area (Å²) in [6.45, 7) is 1.91. The highest BCUT2D eigenvalue weighted by Gasteiger charge is 2.16. The summed E-state index contributed by atoms with van der Waals surface area (Å²) < 4.78 is 8.00. The average molecular weight is 487 g/mol.